The smallest absolute Gasteiger partial charge is 0.407 e. The first-order chi connectivity index (χ1) is 22.7. The Kier molecular flexibility index (Phi) is 10.4. The molecule has 2 aliphatic rings. The Morgan fingerprint density at radius 1 is 0.875 bits per heavy atom. The molecular weight excluding hydrogens is 630 g/mol. The fourth-order valence-corrected chi connectivity index (χ4v) is 13.3. The summed E-state index contributed by atoms with van der Waals surface area (Å²) in [4.78, 5) is 28.1. The number of piperidine rings is 1. The number of likely N-dealkylation sites (tertiary alicyclic amines) is 1. The van der Waals surface area contributed by atoms with Gasteiger partial charge in [0, 0.05) is 36.2 Å². The summed E-state index contributed by atoms with van der Waals surface area (Å²) in [5.41, 5.74) is 7.60. The molecule has 1 N–H and O–H groups in total. The van der Waals surface area contributed by atoms with E-state index in [4.69, 9.17) is 0 Å². The molecule has 254 valence electrons. The molecule has 0 saturated carbocycles. The van der Waals surface area contributed by atoms with Gasteiger partial charge in [0.15, 0.2) is 0 Å². The number of carboxylic acid groups (broad SMARTS) is 1. The van der Waals surface area contributed by atoms with E-state index < -0.39 is 43.6 Å². The number of benzene rings is 3. The zero-order chi connectivity index (χ0) is 34.9. The van der Waals surface area contributed by atoms with Crippen LogP contribution in [0.3, 0.4) is 0 Å². The Morgan fingerprint density at radius 2 is 1.50 bits per heavy atom. The van der Waals surface area contributed by atoms with Crippen molar-refractivity contribution in [1.29, 1.82) is 0 Å². The summed E-state index contributed by atoms with van der Waals surface area (Å²) in [5, 5.41) is 9.25. The number of rotatable bonds is 8. The van der Waals surface area contributed by atoms with Gasteiger partial charge >= 0.3 is 6.09 Å². The van der Waals surface area contributed by atoms with Crippen molar-refractivity contribution < 1.29 is 27.9 Å². The summed E-state index contributed by atoms with van der Waals surface area (Å²) in [6.07, 6.45) is 0.665. The van der Waals surface area contributed by atoms with Gasteiger partial charge in [-0.2, -0.15) is 0 Å². The van der Waals surface area contributed by atoms with Gasteiger partial charge in [-0.25, -0.2) is 18.0 Å². The van der Waals surface area contributed by atoms with E-state index in [0.29, 0.717) is 35.3 Å². The quantitative estimate of drug-likeness (QED) is 0.191. The van der Waals surface area contributed by atoms with Crippen molar-refractivity contribution in [2.24, 2.45) is 0 Å². The summed E-state index contributed by atoms with van der Waals surface area (Å²) in [6.45, 7) is 14.1. The molecule has 1 fully saturated rings. The maximum Gasteiger partial charge on any atom is 0.407 e. The fraction of sp³-hybridized carbons (Fsp3) is 0.436. The molecule has 5 nitrogen and oxygen atoms in total. The SMILES string of the molecule is CC(C)[Si](C#CCC(c1cc(F)ccc1F)N1Cc2c(F)cc(-c3ccc(C4CCN(C(=O)O)CC4)cc3)cc2C1=O)(C(C)C)C(C)C. The molecule has 1 atom stereocenters. The molecule has 0 aromatic heterocycles. The lowest BCUT2D eigenvalue weighted by molar-refractivity contribution is 0.0700. The molecule has 1 unspecified atom stereocenters. The van der Waals surface area contributed by atoms with Crippen molar-refractivity contribution in [3.8, 4) is 22.6 Å². The lowest BCUT2D eigenvalue weighted by Crippen LogP contribution is -2.43. The molecule has 48 heavy (non-hydrogen) atoms. The molecule has 1 saturated heterocycles. The number of hydrogen-bond acceptors (Lipinski definition) is 2. The van der Waals surface area contributed by atoms with Gasteiger partial charge < -0.3 is 14.9 Å². The predicted octanol–water partition coefficient (Wildman–Crippen LogP) is 9.94. The van der Waals surface area contributed by atoms with Crippen LogP contribution in [0, 0.1) is 28.9 Å². The number of nitrogens with zero attached hydrogens (tertiary/aromatic N) is 2. The van der Waals surface area contributed by atoms with Gasteiger partial charge in [0.1, 0.15) is 25.5 Å². The average Bonchev–Trinajstić information content (AvgIpc) is 3.38. The number of carbonyl (C=O) groups is 2. The lowest BCUT2D eigenvalue weighted by atomic mass is 9.88. The van der Waals surface area contributed by atoms with Gasteiger partial charge in [-0.15, -0.1) is 11.5 Å². The van der Waals surface area contributed by atoms with Crippen molar-refractivity contribution in [3.05, 3.63) is 94.3 Å². The molecule has 0 spiro atoms. The van der Waals surface area contributed by atoms with E-state index in [9.17, 15) is 19.1 Å². The van der Waals surface area contributed by atoms with E-state index in [0.717, 1.165) is 42.2 Å². The molecule has 3 aromatic carbocycles. The third kappa shape index (κ3) is 6.77. The van der Waals surface area contributed by atoms with Crippen LogP contribution in [0.1, 0.15) is 99.8 Å². The van der Waals surface area contributed by atoms with Crippen LogP contribution in [0.25, 0.3) is 11.1 Å². The Hall–Kier alpha value is -4.03. The highest BCUT2D eigenvalue weighted by molar-refractivity contribution is 6.90. The van der Waals surface area contributed by atoms with E-state index in [-0.39, 0.29) is 35.6 Å². The molecule has 9 heteroatoms. The van der Waals surface area contributed by atoms with Crippen molar-refractivity contribution in [2.45, 2.75) is 95.9 Å². The highest BCUT2D eigenvalue weighted by Gasteiger charge is 2.42. The van der Waals surface area contributed by atoms with Gasteiger partial charge in [-0.3, -0.25) is 4.79 Å². The molecule has 0 radical (unpaired) electrons. The monoisotopic (exact) mass is 674 g/mol. The van der Waals surface area contributed by atoms with Crippen LogP contribution >= 0.6 is 0 Å². The summed E-state index contributed by atoms with van der Waals surface area (Å²) < 4.78 is 45.6. The largest absolute Gasteiger partial charge is 0.465 e. The zero-order valence-electron chi connectivity index (χ0n) is 28.6. The minimum Gasteiger partial charge on any atom is -0.465 e. The summed E-state index contributed by atoms with van der Waals surface area (Å²) >= 11 is 0. The van der Waals surface area contributed by atoms with Crippen LogP contribution in [0.4, 0.5) is 18.0 Å². The number of carbonyl (C=O) groups excluding carboxylic acids is 1. The molecule has 0 aliphatic carbocycles. The highest BCUT2D eigenvalue weighted by Crippen LogP contribution is 2.42. The Morgan fingerprint density at radius 3 is 2.08 bits per heavy atom. The summed E-state index contributed by atoms with van der Waals surface area (Å²) in [7, 11) is -2.13. The molecule has 2 amide bonds. The maximum absolute atomic E-state index is 15.8. The minimum absolute atomic E-state index is 0.0294. The van der Waals surface area contributed by atoms with Gasteiger partial charge in [-0.1, -0.05) is 65.8 Å². The molecule has 2 aliphatic heterocycles. The van der Waals surface area contributed by atoms with Gasteiger partial charge in [0.05, 0.1) is 12.6 Å². The first-order valence-corrected chi connectivity index (χ1v) is 19.1. The Labute approximate surface area is 283 Å². The van der Waals surface area contributed by atoms with Crippen LogP contribution in [0.15, 0.2) is 54.6 Å². The second-order valence-corrected chi connectivity index (χ2v) is 19.7. The number of fused-ring (bicyclic) bond motifs is 1. The molecule has 3 aromatic rings. The lowest BCUT2D eigenvalue weighted by Gasteiger charge is -2.38. The van der Waals surface area contributed by atoms with E-state index in [1.165, 1.54) is 15.9 Å². The maximum atomic E-state index is 15.8. The van der Waals surface area contributed by atoms with Crippen molar-refractivity contribution in [3.63, 3.8) is 0 Å². The third-order valence-corrected chi connectivity index (χ3v) is 17.0. The van der Waals surface area contributed by atoms with Crippen molar-refractivity contribution in [1.82, 2.24) is 9.80 Å². The predicted molar refractivity (Wildman–Crippen MR) is 186 cm³/mol. The molecule has 5 rings (SSSR count). The van der Waals surface area contributed by atoms with E-state index in [1.807, 2.05) is 24.3 Å². The average molecular weight is 675 g/mol. The standard InChI is InChI=1S/C39H45F3N2O3Si/c1-24(2)48(25(3)4,26(5)6)19-7-8-37(33-22-31(40)13-14-35(33)41)44-23-34-32(38(44)45)20-30(21-36(34)42)28-11-9-27(10-12-28)29-15-17-43(18-16-29)39(46)47/h9-14,20-22,24-26,29,37H,8,15-18,23H2,1-6H3,(H,46,47). The Balaban J connectivity index is 1.45. The topological polar surface area (TPSA) is 60.9 Å². The van der Waals surface area contributed by atoms with Crippen LogP contribution in [0.5, 0.6) is 0 Å². The molecule has 0 bridgehead atoms. The molecule has 2 heterocycles. The number of amides is 2. The Bertz CT molecular complexity index is 1720. The first-order valence-electron chi connectivity index (χ1n) is 16.9. The number of hydrogen-bond donors (Lipinski definition) is 1. The minimum atomic E-state index is -2.13. The zero-order valence-corrected chi connectivity index (χ0v) is 29.6. The summed E-state index contributed by atoms with van der Waals surface area (Å²) in [5.74, 6) is 1.35. The van der Waals surface area contributed by atoms with Gasteiger partial charge in [-0.05, 0) is 82.4 Å². The number of halogens is 3. The van der Waals surface area contributed by atoms with Crippen molar-refractivity contribution in [2.75, 3.05) is 13.1 Å². The third-order valence-electron chi connectivity index (χ3n) is 10.7. The van der Waals surface area contributed by atoms with E-state index >= 15 is 8.78 Å². The van der Waals surface area contributed by atoms with Crippen LogP contribution < -0.4 is 0 Å². The van der Waals surface area contributed by atoms with Crippen LogP contribution in [0.2, 0.25) is 16.6 Å². The second kappa shape index (κ2) is 14.2. The van der Waals surface area contributed by atoms with E-state index in [2.05, 4.69) is 53.0 Å². The van der Waals surface area contributed by atoms with Gasteiger partial charge in [0.25, 0.3) is 5.91 Å². The van der Waals surface area contributed by atoms with Crippen molar-refractivity contribution >= 4 is 20.1 Å². The normalized spacial score (nSPS) is 16.0. The second-order valence-electron chi connectivity index (χ2n) is 14.2. The van der Waals surface area contributed by atoms with Gasteiger partial charge in [0.2, 0.25) is 0 Å². The first kappa shape index (κ1) is 35.3. The van der Waals surface area contributed by atoms with E-state index in [1.54, 1.807) is 6.07 Å². The summed E-state index contributed by atoms with van der Waals surface area (Å²) in [6, 6.07) is 13.2. The fourth-order valence-electron chi connectivity index (χ4n) is 8.05. The highest BCUT2D eigenvalue weighted by atomic mass is 28.3. The van der Waals surface area contributed by atoms with Crippen LogP contribution in [-0.4, -0.2) is 48.1 Å². The van der Waals surface area contributed by atoms with Crippen LogP contribution in [-0.2, 0) is 6.54 Å². The molecular formula is C39H45F3N2O3Si.